The van der Waals surface area contributed by atoms with Crippen molar-refractivity contribution in [3.63, 3.8) is 0 Å². The monoisotopic (exact) mass is 192 g/mol. The first-order valence-corrected chi connectivity index (χ1v) is 3.30. The van der Waals surface area contributed by atoms with E-state index in [1.54, 1.807) is 4.98 Å². The molecule has 0 radical (unpaired) electrons. The van der Waals surface area contributed by atoms with Crippen LogP contribution in [0.3, 0.4) is 0 Å². The molecule has 0 aromatic carbocycles. The summed E-state index contributed by atoms with van der Waals surface area (Å²) in [5, 5.41) is 8.78. The molecule has 0 aliphatic rings. The molecule has 0 bridgehead atoms. The summed E-state index contributed by atoms with van der Waals surface area (Å²) in [6.07, 6.45) is -4.48. The summed E-state index contributed by atoms with van der Waals surface area (Å²) in [7, 11) is 0. The van der Waals surface area contributed by atoms with Crippen LogP contribution in [0.1, 0.15) is 11.7 Å². The Morgan fingerprint density at radius 1 is 1.38 bits per heavy atom. The summed E-state index contributed by atoms with van der Waals surface area (Å²) < 4.78 is 23.8. The number of halogens is 2. The summed E-state index contributed by atoms with van der Waals surface area (Å²) in [6.45, 7) is 0. The third kappa shape index (κ3) is 2.00. The Morgan fingerprint density at radius 3 is 2.46 bits per heavy atom. The number of aliphatic hydroxyl groups is 1. The fourth-order valence-electron chi connectivity index (χ4n) is 0.776. The molecule has 1 aromatic rings. The van der Waals surface area contributed by atoms with Crippen LogP contribution in [0.4, 0.5) is 8.78 Å². The topological polar surface area (TPSA) is 85.9 Å². The van der Waals surface area contributed by atoms with Crippen LogP contribution >= 0.6 is 0 Å². The highest BCUT2D eigenvalue weighted by Crippen LogP contribution is 2.14. The van der Waals surface area contributed by atoms with Crippen LogP contribution in [0.2, 0.25) is 0 Å². The van der Waals surface area contributed by atoms with Gasteiger partial charge >= 0.3 is 5.69 Å². The SMILES string of the molecule is O=c1[nH]cc(C(O)C(F)F)c(=O)[nH]1. The van der Waals surface area contributed by atoms with Crippen LogP contribution < -0.4 is 11.2 Å². The number of rotatable bonds is 2. The Balaban J connectivity index is 3.17. The molecule has 5 nitrogen and oxygen atoms in total. The number of aliphatic hydroxyl groups excluding tert-OH is 1. The van der Waals surface area contributed by atoms with E-state index in [9.17, 15) is 18.4 Å². The first-order chi connectivity index (χ1) is 6.02. The Kier molecular flexibility index (Phi) is 2.57. The highest BCUT2D eigenvalue weighted by Gasteiger charge is 2.22. The van der Waals surface area contributed by atoms with Crippen molar-refractivity contribution in [2.75, 3.05) is 0 Å². The fraction of sp³-hybridized carbons (Fsp3) is 0.333. The third-order valence-electron chi connectivity index (χ3n) is 1.41. The zero-order valence-corrected chi connectivity index (χ0v) is 6.25. The number of hydrogen-bond acceptors (Lipinski definition) is 3. The second kappa shape index (κ2) is 3.48. The van der Waals surface area contributed by atoms with E-state index in [-0.39, 0.29) is 0 Å². The van der Waals surface area contributed by atoms with Gasteiger partial charge in [-0.3, -0.25) is 9.78 Å². The predicted octanol–water partition coefficient (Wildman–Crippen LogP) is -0.638. The van der Waals surface area contributed by atoms with E-state index in [2.05, 4.69) is 0 Å². The van der Waals surface area contributed by atoms with Crippen molar-refractivity contribution in [2.45, 2.75) is 12.5 Å². The smallest absolute Gasteiger partial charge is 0.325 e. The van der Waals surface area contributed by atoms with E-state index in [1.807, 2.05) is 4.98 Å². The maximum atomic E-state index is 11.9. The lowest BCUT2D eigenvalue weighted by atomic mass is 10.2. The van der Waals surface area contributed by atoms with Crippen LogP contribution in [-0.2, 0) is 0 Å². The highest BCUT2D eigenvalue weighted by atomic mass is 19.3. The van der Waals surface area contributed by atoms with Gasteiger partial charge in [-0.05, 0) is 0 Å². The maximum Gasteiger partial charge on any atom is 0.325 e. The summed E-state index contributed by atoms with van der Waals surface area (Å²) in [5.41, 5.74) is -2.39. The Bertz CT molecular complexity index is 397. The molecule has 1 unspecified atom stereocenters. The standard InChI is InChI=1S/C6H6F2N2O3/c7-4(8)3(11)2-1-9-6(13)10-5(2)12/h1,3-4,11H,(H2,9,10,12,13). The van der Waals surface area contributed by atoms with Crippen molar-refractivity contribution >= 4 is 0 Å². The van der Waals surface area contributed by atoms with Gasteiger partial charge in [-0.15, -0.1) is 0 Å². The Morgan fingerprint density at radius 2 is 2.00 bits per heavy atom. The van der Waals surface area contributed by atoms with Crippen molar-refractivity contribution in [3.05, 3.63) is 32.6 Å². The molecule has 1 rings (SSSR count). The minimum Gasteiger partial charge on any atom is -0.382 e. The van der Waals surface area contributed by atoms with Crippen LogP contribution in [-0.4, -0.2) is 21.5 Å². The van der Waals surface area contributed by atoms with Crippen LogP contribution in [0.15, 0.2) is 15.8 Å². The van der Waals surface area contributed by atoms with Crippen LogP contribution in [0.5, 0.6) is 0 Å². The van der Waals surface area contributed by atoms with Gasteiger partial charge in [0.1, 0.15) is 6.10 Å². The second-order valence-corrected chi connectivity index (χ2v) is 2.31. The van der Waals surface area contributed by atoms with Gasteiger partial charge in [0.25, 0.3) is 12.0 Å². The fourth-order valence-corrected chi connectivity index (χ4v) is 0.776. The molecule has 72 valence electrons. The summed E-state index contributed by atoms with van der Waals surface area (Å²) >= 11 is 0. The molecular formula is C6H6F2N2O3. The van der Waals surface area contributed by atoms with E-state index in [0.717, 1.165) is 6.20 Å². The van der Waals surface area contributed by atoms with Gasteiger partial charge in [-0.2, -0.15) is 0 Å². The van der Waals surface area contributed by atoms with Gasteiger partial charge in [0.05, 0.1) is 5.56 Å². The first-order valence-electron chi connectivity index (χ1n) is 3.30. The number of aromatic nitrogens is 2. The minimum absolute atomic E-state index is 0.561. The lowest BCUT2D eigenvalue weighted by molar-refractivity contribution is -0.00682. The van der Waals surface area contributed by atoms with E-state index in [1.165, 1.54) is 0 Å². The zero-order valence-electron chi connectivity index (χ0n) is 6.25. The predicted molar refractivity (Wildman–Crippen MR) is 38.6 cm³/mol. The number of alkyl halides is 2. The molecule has 1 atom stereocenters. The minimum atomic E-state index is -3.06. The van der Waals surface area contributed by atoms with Gasteiger partial charge < -0.3 is 10.1 Å². The number of hydrogen-bond donors (Lipinski definition) is 3. The molecule has 0 saturated carbocycles. The molecule has 13 heavy (non-hydrogen) atoms. The molecule has 7 heteroatoms. The molecule has 0 fully saturated rings. The van der Waals surface area contributed by atoms with Gasteiger partial charge in [-0.25, -0.2) is 13.6 Å². The molecule has 0 saturated heterocycles. The normalized spacial score (nSPS) is 13.2. The lowest BCUT2D eigenvalue weighted by Gasteiger charge is -2.06. The molecule has 3 N–H and O–H groups in total. The maximum absolute atomic E-state index is 11.9. The van der Waals surface area contributed by atoms with E-state index < -0.39 is 29.3 Å². The molecule has 0 aliphatic carbocycles. The summed E-state index contributed by atoms with van der Waals surface area (Å²) in [5.74, 6) is 0. The number of aromatic amines is 2. The molecular weight excluding hydrogens is 186 g/mol. The third-order valence-corrected chi connectivity index (χ3v) is 1.41. The van der Waals surface area contributed by atoms with Gasteiger partial charge in [0, 0.05) is 6.20 Å². The Labute approximate surface area is 70.0 Å². The molecule has 1 aromatic heterocycles. The van der Waals surface area contributed by atoms with E-state index in [0.29, 0.717) is 0 Å². The van der Waals surface area contributed by atoms with Crippen molar-refractivity contribution in [1.82, 2.24) is 9.97 Å². The van der Waals surface area contributed by atoms with Crippen molar-refractivity contribution < 1.29 is 13.9 Å². The van der Waals surface area contributed by atoms with Crippen molar-refractivity contribution in [1.29, 1.82) is 0 Å². The molecule has 0 amide bonds. The zero-order chi connectivity index (χ0) is 10.0. The quantitative estimate of drug-likeness (QED) is 0.582. The van der Waals surface area contributed by atoms with Gasteiger partial charge in [0.15, 0.2) is 0 Å². The van der Waals surface area contributed by atoms with Crippen molar-refractivity contribution in [2.24, 2.45) is 0 Å². The molecule has 1 heterocycles. The Hall–Kier alpha value is -1.50. The second-order valence-electron chi connectivity index (χ2n) is 2.31. The average Bonchev–Trinajstić information content (AvgIpc) is 2.03. The molecule has 0 spiro atoms. The van der Waals surface area contributed by atoms with Crippen LogP contribution in [0.25, 0.3) is 0 Å². The number of H-pyrrole nitrogens is 2. The summed E-state index contributed by atoms with van der Waals surface area (Å²) in [6, 6.07) is 0. The van der Waals surface area contributed by atoms with E-state index in [4.69, 9.17) is 5.11 Å². The van der Waals surface area contributed by atoms with E-state index >= 15 is 0 Å². The molecule has 0 aliphatic heterocycles. The first kappa shape index (κ1) is 9.59. The van der Waals surface area contributed by atoms with Crippen LogP contribution in [0, 0.1) is 0 Å². The largest absolute Gasteiger partial charge is 0.382 e. The summed E-state index contributed by atoms with van der Waals surface area (Å²) in [4.78, 5) is 25.0. The number of nitrogens with one attached hydrogen (secondary N) is 2. The van der Waals surface area contributed by atoms with Crippen molar-refractivity contribution in [3.8, 4) is 0 Å². The van der Waals surface area contributed by atoms with Gasteiger partial charge in [-0.1, -0.05) is 0 Å². The lowest BCUT2D eigenvalue weighted by Crippen LogP contribution is -2.28. The highest BCUT2D eigenvalue weighted by molar-refractivity contribution is 5.07. The average molecular weight is 192 g/mol. The van der Waals surface area contributed by atoms with Gasteiger partial charge in [0.2, 0.25) is 0 Å².